The standard InChI is InChI=1S/C11H16N2OS/c1-8-3-4-9(15-8)7-13-6-5-10(12-2)11(13)14/h3-4,10,12H,5-7H2,1-2H3. The van der Waals surface area contributed by atoms with Crippen LogP contribution in [-0.4, -0.2) is 30.4 Å². The Morgan fingerprint density at radius 2 is 2.40 bits per heavy atom. The molecule has 0 bridgehead atoms. The molecule has 82 valence electrons. The van der Waals surface area contributed by atoms with Gasteiger partial charge in [-0.15, -0.1) is 11.3 Å². The summed E-state index contributed by atoms with van der Waals surface area (Å²) in [5, 5.41) is 3.05. The van der Waals surface area contributed by atoms with E-state index in [4.69, 9.17) is 0 Å². The molecule has 0 radical (unpaired) electrons. The van der Waals surface area contributed by atoms with Gasteiger partial charge < -0.3 is 10.2 Å². The molecule has 1 aliphatic heterocycles. The average molecular weight is 224 g/mol. The third-order valence-corrected chi connectivity index (χ3v) is 3.77. The van der Waals surface area contributed by atoms with Gasteiger partial charge in [0.05, 0.1) is 12.6 Å². The number of carbonyl (C=O) groups is 1. The average Bonchev–Trinajstić information content (AvgIpc) is 2.76. The van der Waals surface area contributed by atoms with E-state index in [2.05, 4.69) is 24.4 Å². The first-order chi connectivity index (χ1) is 7.20. The summed E-state index contributed by atoms with van der Waals surface area (Å²) in [6.45, 7) is 3.74. The van der Waals surface area contributed by atoms with Gasteiger partial charge in [-0.2, -0.15) is 0 Å². The number of hydrogen-bond acceptors (Lipinski definition) is 3. The number of nitrogens with zero attached hydrogens (tertiary/aromatic N) is 1. The highest BCUT2D eigenvalue weighted by Crippen LogP contribution is 2.20. The van der Waals surface area contributed by atoms with Crippen LogP contribution in [0.1, 0.15) is 16.2 Å². The van der Waals surface area contributed by atoms with Crippen molar-refractivity contribution in [2.75, 3.05) is 13.6 Å². The quantitative estimate of drug-likeness (QED) is 0.841. The number of nitrogens with one attached hydrogen (secondary N) is 1. The lowest BCUT2D eigenvalue weighted by Gasteiger charge is -2.15. The van der Waals surface area contributed by atoms with Crippen LogP contribution in [0, 0.1) is 6.92 Å². The van der Waals surface area contributed by atoms with Crippen LogP contribution >= 0.6 is 11.3 Å². The highest BCUT2D eigenvalue weighted by Gasteiger charge is 2.30. The van der Waals surface area contributed by atoms with Crippen molar-refractivity contribution in [3.05, 3.63) is 21.9 Å². The highest BCUT2D eigenvalue weighted by atomic mass is 32.1. The Labute approximate surface area is 94.1 Å². The Balaban J connectivity index is 1.99. The normalized spacial score (nSPS) is 21.3. The van der Waals surface area contributed by atoms with E-state index in [1.165, 1.54) is 9.75 Å². The molecule has 15 heavy (non-hydrogen) atoms. The van der Waals surface area contributed by atoms with Crippen molar-refractivity contribution < 1.29 is 4.79 Å². The fraction of sp³-hybridized carbons (Fsp3) is 0.545. The Kier molecular flexibility index (Phi) is 3.07. The van der Waals surface area contributed by atoms with Crippen molar-refractivity contribution in [1.29, 1.82) is 0 Å². The Bertz CT molecular complexity index is 361. The van der Waals surface area contributed by atoms with Gasteiger partial charge in [-0.25, -0.2) is 0 Å². The maximum absolute atomic E-state index is 11.8. The summed E-state index contributed by atoms with van der Waals surface area (Å²) in [6.07, 6.45) is 0.930. The van der Waals surface area contributed by atoms with Gasteiger partial charge in [0, 0.05) is 16.3 Å². The summed E-state index contributed by atoms with van der Waals surface area (Å²) in [6, 6.07) is 4.25. The fourth-order valence-electron chi connectivity index (χ4n) is 1.92. The summed E-state index contributed by atoms with van der Waals surface area (Å²) in [4.78, 5) is 16.3. The zero-order valence-electron chi connectivity index (χ0n) is 9.12. The van der Waals surface area contributed by atoms with Gasteiger partial charge in [-0.1, -0.05) is 0 Å². The molecule has 2 rings (SSSR count). The molecule has 1 aliphatic rings. The summed E-state index contributed by atoms with van der Waals surface area (Å²) in [5.74, 6) is 0.239. The minimum Gasteiger partial charge on any atom is -0.336 e. The van der Waals surface area contributed by atoms with Crippen LogP contribution in [0.3, 0.4) is 0 Å². The molecule has 1 aromatic heterocycles. The molecule has 1 unspecified atom stereocenters. The first-order valence-corrected chi connectivity index (χ1v) is 6.03. The predicted octanol–water partition coefficient (Wildman–Crippen LogP) is 1.38. The van der Waals surface area contributed by atoms with Crippen molar-refractivity contribution in [3.63, 3.8) is 0 Å². The third-order valence-electron chi connectivity index (χ3n) is 2.79. The molecule has 1 saturated heterocycles. The molecule has 0 spiro atoms. The van der Waals surface area contributed by atoms with Crippen molar-refractivity contribution in [3.8, 4) is 0 Å². The van der Waals surface area contributed by atoms with E-state index in [0.29, 0.717) is 0 Å². The molecule has 1 amide bonds. The fourth-order valence-corrected chi connectivity index (χ4v) is 2.83. The molecule has 0 aliphatic carbocycles. The number of thiophene rings is 1. The van der Waals surface area contributed by atoms with Crippen LogP contribution in [0.2, 0.25) is 0 Å². The van der Waals surface area contributed by atoms with Gasteiger partial charge in [0.1, 0.15) is 0 Å². The number of hydrogen-bond donors (Lipinski definition) is 1. The van der Waals surface area contributed by atoms with Gasteiger partial charge in [0.2, 0.25) is 5.91 Å². The van der Waals surface area contributed by atoms with E-state index >= 15 is 0 Å². The maximum Gasteiger partial charge on any atom is 0.240 e. The molecule has 3 nitrogen and oxygen atoms in total. The number of carbonyl (C=O) groups excluding carboxylic acids is 1. The summed E-state index contributed by atoms with van der Waals surface area (Å²) >= 11 is 1.77. The van der Waals surface area contributed by atoms with Crippen LogP contribution < -0.4 is 5.32 Å². The van der Waals surface area contributed by atoms with E-state index in [9.17, 15) is 4.79 Å². The second-order valence-electron chi connectivity index (χ2n) is 3.90. The van der Waals surface area contributed by atoms with E-state index in [1.54, 1.807) is 11.3 Å². The Morgan fingerprint density at radius 3 is 2.93 bits per heavy atom. The predicted molar refractivity (Wildman–Crippen MR) is 61.9 cm³/mol. The first-order valence-electron chi connectivity index (χ1n) is 5.22. The number of likely N-dealkylation sites (tertiary alicyclic amines) is 1. The van der Waals surface area contributed by atoms with Crippen LogP contribution in [-0.2, 0) is 11.3 Å². The number of rotatable bonds is 3. The van der Waals surface area contributed by atoms with Crippen LogP contribution in [0.25, 0.3) is 0 Å². The smallest absolute Gasteiger partial charge is 0.240 e. The van der Waals surface area contributed by atoms with Gasteiger partial charge in [-0.3, -0.25) is 4.79 Å². The Morgan fingerprint density at radius 1 is 1.60 bits per heavy atom. The van der Waals surface area contributed by atoms with E-state index in [1.807, 2.05) is 11.9 Å². The van der Waals surface area contributed by atoms with Gasteiger partial charge in [0.15, 0.2) is 0 Å². The summed E-state index contributed by atoms with van der Waals surface area (Å²) in [7, 11) is 1.85. The second kappa shape index (κ2) is 4.33. The van der Waals surface area contributed by atoms with Crippen molar-refractivity contribution >= 4 is 17.2 Å². The first kappa shape index (κ1) is 10.6. The maximum atomic E-state index is 11.8. The van der Waals surface area contributed by atoms with Crippen molar-refractivity contribution in [2.45, 2.75) is 25.9 Å². The molecule has 1 fully saturated rings. The zero-order chi connectivity index (χ0) is 10.8. The minimum absolute atomic E-state index is 0.0334. The third kappa shape index (κ3) is 2.21. The number of likely N-dealkylation sites (N-methyl/N-ethyl adjacent to an activating group) is 1. The topological polar surface area (TPSA) is 32.3 Å². The summed E-state index contributed by atoms with van der Waals surface area (Å²) < 4.78 is 0. The van der Waals surface area contributed by atoms with Crippen molar-refractivity contribution in [1.82, 2.24) is 10.2 Å². The Hall–Kier alpha value is -0.870. The number of amides is 1. The number of aryl methyl sites for hydroxylation is 1. The second-order valence-corrected chi connectivity index (χ2v) is 5.27. The molecule has 1 atom stereocenters. The molecular weight excluding hydrogens is 208 g/mol. The van der Waals surface area contributed by atoms with Gasteiger partial charge in [-0.05, 0) is 32.5 Å². The largest absolute Gasteiger partial charge is 0.336 e. The zero-order valence-corrected chi connectivity index (χ0v) is 9.93. The molecule has 1 N–H and O–H groups in total. The monoisotopic (exact) mass is 224 g/mol. The molecular formula is C11H16N2OS. The van der Waals surface area contributed by atoms with Crippen LogP contribution in [0.5, 0.6) is 0 Å². The molecule has 0 aromatic carbocycles. The van der Waals surface area contributed by atoms with E-state index < -0.39 is 0 Å². The molecule has 0 saturated carbocycles. The molecule has 4 heteroatoms. The lowest BCUT2D eigenvalue weighted by Crippen LogP contribution is -2.35. The van der Waals surface area contributed by atoms with Gasteiger partial charge in [0.25, 0.3) is 0 Å². The highest BCUT2D eigenvalue weighted by molar-refractivity contribution is 7.11. The van der Waals surface area contributed by atoms with E-state index in [-0.39, 0.29) is 11.9 Å². The SMILES string of the molecule is CNC1CCN(Cc2ccc(C)s2)C1=O. The van der Waals surface area contributed by atoms with E-state index in [0.717, 1.165) is 19.5 Å². The van der Waals surface area contributed by atoms with Crippen LogP contribution in [0.15, 0.2) is 12.1 Å². The molecule has 1 aromatic rings. The molecule has 2 heterocycles. The van der Waals surface area contributed by atoms with Crippen molar-refractivity contribution in [2.24, 2.45) is 0 Å². The van der Waals surface area contributed by atoms with Crippen LogP contribution in [0.4, 0.5) is 0 Å². The lowest BCUT2D eigenvalue weighted by atomic mass is 10.3. The van der Waals surface area contributed by atoms with Gasteiger partial charge >= 0.3 is 0 Å². The summed E-state index contributed by atoms with van der Waals surface area (Å²) in [5.41, 5.74) is 0. The minimum atomic E-state index is 0.0334. The lowest BCUT2D eigenvalue weighted by molar-refractivity contribution is -0.129.